The Labute approximate surface area is 196 Å². The van der Waals surface area contributed by atoms with Crippen molar-refractivity contribution in [2.75, 3.05) is 13.2 Å². The van der Waals surface area contributed by atoms with E-state index in [9.17, 15) is 9.59 Å². The largest absolute Gasteiger partial charge is 0.494 e. The first-order chi connectivity index (χ1) is 16.1. The van der Waals surface area contributed by atoms with Crippen LogP contribution >= 0.6 is 0 Å². The van der Waals surface area contributed by atoms with Gasteiger partial charge in [-0.05, 0) is 42.8 Å². The number of hydrogen-bond donors (Lipinski definition) is 1. The van der Waals surface area contributed by atoms with Crippen molar-refractivity contribution in [2.45, 2.75) is 58.8 Å². The van der Waals surface area contributed by atoms with E-state index in [-0.39, 0.29) is 19.0 Å². The Kier molecular flexibility index (Phi) is 12.1. The number of esters is 1. The van der Waals surface area contributed by atoms with Gasteiger partial charge >= 0.3 is 5.97 Å². The van der Waals surface area contributed by atoms with Gasteiger partial charge in [0.05, 0.1) is 12.8 Å². The molecule has 2 rings (SSSR count). The zero-order valence-corrected chi connectivity index (χ0v) is 19.5. The van der Waals surface area contributed by atoms with Gasteiger partial charge in [0.25, 0.3) is 5.91 Å². The average Bonchev–Trinajstić information content (AvgIpc) is 2.84. The van der Waals surface area contributed by atoms with Crippen molar-refractivity contribution in [1.82, 2.24) is 5.43 Å². The Bertz CT molecular complexity index is 881. The summed E-state index contributed by atoms with van der Waals surface area (Å²) < 4.78 is 16.5. The van der Waals surface area contributed by atoms with Crippen LogP contribution in [0, 0.1) is 0 Å². The molecule has 1 amide bonds. The van der Waals surface area contributed by atoms with Crippen LogP contribution in [-0.2, 0) is 9.59 Å². The lowest BCUT2D eigenvalue weighted by Gasteiger charge is -2.08. The standard InChI is InChI=1S/C26H34N2O5/c1-3-5-6-7-8-11-18-31-22-14-16-23(17-15-22)32-20-25(29)28-27-19-21-12-9-10-13-24(21)33-26(30)4-2/h9-10,12-17,19H,3-8,11,18,20H2,1-2H3,(H,28,29)/b27-19-. The Hall–Kier alpha value is -3.35. The number of hydrogen-bond acceptors (Lipinski definition) is 6. The molecule has 0 atom stereocenters. The van der Waals surface area contributed by atoms with Gasteiger partial charge in [0.2, 0.25) is 0 Å². The molecular weight excluding hydrogens is 420 g/mol. The molecule has 2 aromatic rings. The van der Waals surface area contributed by atoms with E-state index >= 15 is 0 Å². The van der Waals surface area contributed by atoms with Crippen LogP contribution in [0.2, 0.25) is 0 Å². The predicted molar refractivity (Wildman–Crippen MR) is 129 cm³/mol. The van der Waals surface area contributed by atoms with Gasteiger partial charge in [0.1, 0.15) is 17.2 Å². The van der Waals surface area contributed by atoms with Crippen LogP contribution in [0.4, 0.5) is 0 Å². The molecule has 1 N–H and O–H groups in total. The summed E-state index contributed by atoms with van der Waals surface area (Å²) in [7, 11) is 0. The second-order valence-electron chi connectivity index (χ2n) is 7.53. The van der Waals surface area contributed by atoms with Crippen LogP contribution in [0.25, 0.3) is 0 Å². The number of amides is 1. The minimum atomic E-state index is -0.405. The van der Waals surface area contributed by atoms with Gasteiger partial charge in [-0.15, -0.1) is 0 Å². The first kappa shape index (κ1) is 25.9. The third-order valence-corrected chi connectivity index (χ3v) is 4.78. The van der Waals surface area contributed by atoms with Crippen molar-refractivity contribution in [3.63, 3.8) is 0 Å². The number of nitrogens with one attached hydrogen (secondary N) is 1. The highest BCUT2D eigenvalue weighted by Crippen LogP contribution is 2.18. The van der Waals surface area contributed by atoms with Gasteiger partial charge in [-0.1, -0.05) is 58.1 Å². The number of ether oxygens (including phenoxy) is 3. The van der Waals surface area contributed by atoms with Crippen molar-refractivity contribution in [2.24, 2.45) is 5.10 Å². The number of unbranched alkanes of at least 4 members (excludes halogenated alkanes) is 5. The second-order valence-corrected chi connectivity index (χ2v) is 7.53. The quantitative estimate of drug-likeness (QED) is 0.130. The fourth-order valence-corrected chi connectivity index (χ4v) is 2.93. The van der Waals surface area contributed by atoms with Gasteiger partial charge < -0.3 is 14.2 Å². The number of benzene rings is 2. The van der Waals surface area contributed by atoms with Crippen LogP contribution in [0.3, 0.4) is 0 Å². The third kappa shape index (κ3) is 10.7. The molecule has 7 heteroatoms. The molecule has 7 nitrogen and oxygen atoms in total. The van der Waals surface area contributed by atoms with Gasteiger partial charge in [-0.25, -0.2) is 5.43 Å². The number of rotatable bonds is 15. The van der Waals surface area contributed by atoms with Crippen molar-refractivity contribution >= 4 is 18.1 Å². The highest BCUT2D eigenvalue weighted by Gasteiger charge is 2.06. The maximum atomic E-state index is 12.0. The molecule has 33 heavy (non-hydrogen) atoms. The van der Waals surface area contributed by atoms with Gasteiger partial charge in [0, 0.05) is 12.0 Å². The molecule has 0 fully saturated rings. The zero-order chi connectivity index (χ0) is 23.7. The van der Waals surface area contributed by atoms with Crippen LogP contribution in [0.1, 0.15) is 64.4 Å². The van der Waals surface area contributed by atoms with Crippen LogP contribution in [0.15, 0.2) is 53.6 Å². The molecule has 0 spiro atoms. The topological polar surface area (TPSA) is 86.2 Å². The third-order valence-electron chi connectivity index (χ3n) is 4.78. The molecule has 178 valence electrons. The Balaban J connectivity index is 1.69. The average molecular weight is 455 g/mol. The first-order valence-electron chi connectivity index (χ1n) is 11.6. The summed E-state index contributed by atoms with van der Waals surface area (Å²) in [6, 6.07) is 14.1. The number of hydrazone groups is 1. The van der Waals surface area contributed by atoms with E-state index in [0.717, 1.165) is 12.2 Å². The van der Waals surface area contributed by atoms with Crippen molar-refractivity contribution < 1.29 is 23.8 Å². The molecule has 0 aliphatic rings. The maximum Gasteiger partial charge on any atom is 0.310 e. The fraction of sp³-hybridized carbons (Fsp3) is 0.423. The van der Waals surface area contributed by atoms with E-state index in [1.807, 2.05) is 12.1 Å². The zero-order valence-electron chi connectivity index (χ0n) is 19.5. The summed E-state index contributed by atoms with van der Waals surface area (Å²) >= 11 is 0. The lowest BCUT2D eigenvalue weighted by atomic mass is 10.1. The minimum Gasteiger partial charge on any atom is -0.494 e. The normalized spacial score (nSPS) is 10.7. The first-order valence-corrected chi connectivity index (χ1v) is 11.6. The molecule has 0 saturated carbocycles. The molecule has 0 radical (unpaired) electrons. The van der Waals surface area contributed by atoms with E-state index in [1.54, 1.807) is 43.3 Å². The van der Waals surface area contributed by atoms with Crippen molar-refractivity contribution in [1.29, 1.82) is 0 Å². The van der Waals surface area contributed by atoms with Gasteiger partial charge in [-0.3, -0.25) is 9.59 Å². The number of nitrogens with zero attached hydrogens (tertiary/aromatic N) is 1. The summed E-state index contributed by atoms with van der Waals surface area (Å²) in [6.07, 6.45) is 9.04. The highest BCUT2D eigenvalue weighted by molar-refractivity contribution is 5.87. The second kappa shape index (κ2) is 15.5. The van der Waals surface area contributed by atoms with Crippen molar-refractivity contribution in [3.05, 3.63) is 54.1 Å². The lowest BCUT2D eigenvalue weighted by molar-refractivity contribution is -0.134. The van der Waals surface area contributed by atoms with Crippen LogP contribution in [0.5, 0.6) is 17.2 Å². The van der Waals surface area contributed by atoms with E-state index < -0.39 is 5.91 Å². The van der Waals surface area contributed by atoms with Crippen LogP contribution < -0.4 is 19.6 Å². The molecule has 0 bridgehead atoms. The van der Waals surface area contributed by atoms with E-state index in [0.29, 0.717) is 23.7 Å². The van der Waals surface area contributed by atoms with E-state index in [1.165, 1.54) is 38.3 Å². The lowest BCUT2D eigenvalue weighted by Crippen LogP contribution is -2.24. The molecule has 0 saturated heterocycles. The summed E-state index contributed by atoms with van der Waals surface area (Å²) in [5.74, 6) is 0.993. The molecular formula is C26H34N2O5. The summed E-state index contributed by atoms with van der Waals surface area (Å²) in [4.78, 5) is 23.5. The predicted octanol–water partition coefficient (Wildman–Crippen LogP) is 5.27. The monoisotopic (exact) mass is 454 g/mol. The Morgan fingerprint density at radius 2 is 1.55 bits per heavy atom. The van der Waals surface area contributed by atoms with E-state index in [2.05, 4.69) is 17.5 Å². The van der Waals surface area contributed by atoms with Gasteiger partial charge in [0.15, 0.2) is 6.61 Å². The SMILES string of the molecule is CCCCCCCCOc1ccc(OCC(=O)N/N=C\c2ccccc2OC(=O)CC)cc1. The summed E-state index contributed by atoms with van der Waals surface area (Å²) in [6.45, 7) is 4.46. The molecule has 0 heterocycles. The Morgan fingerprint density at radius 1 is 0.879 bits per heavy atom. The number of carbonyl (C=O) groups excluding carboxylic acids is 2. The smallest absolute Gasteiger partial charge is 0.310 e. The van der Waals surface area contributed by atoms with Crippen LogP contribution in [-0.4, -0.2) is 31.3 Å². The van der Waals surface area contributed by atoms with E-state index in [4.69, 9.17) is 14.2 Å². The molecule has 0 aliphatic carbocycles. The number of para-hydroxylation sites is 1. The minimum absolute atomic E-state index is 0.179. The molecule has 2 aromatic carbocycles. The highest BCUT2D eigenvalue weighted by atomic mass is 16.5. The van der Waals surface area contributed by atoms with Gasteiger partial charge in [-0.2, -0.15) is 5.10 Å². The molecule has 0 aromatic heterocycles. The summed E-state index contributed by atoms with van der Waals surface area (Å²) in [5.41, 5.74) is 2.98. The summed E-state index contributed by atoms with van der Waals surface area (Å²) in [5, 5.41) is 3.91. The maximum absolute atomic E-state index is 12.0. The number of carbonyl (C=O) groups is 2. The Morgan fingerprint density at radius 3 is 2.27 bits per heavy atom. The fourth-order valence-electron chi connectivity index (χ4n) is 2.93. The molecule has 0 aliphatic heterocycles. The van der Waals surface area contributed by atoms with Crippen molar-refractivity contribution in [3.8, 4) is 17.2 Å². The molecule has 0 unspecified atom stereocenters.